The number of amides is 1. The Morgan fingerprint density at radius 1 is 1.23 bits per heavy atom. The number of methoxy groups -OCH3 is 1. The highest BCUT2D eigenvalue weighted by Gasteiger charge is 2.50. The normalized spacial score (nSPS) is 27.6. The number of carbonyl (C=O) groups excluding carboxylic acids is 1. The van der Waals surface area contributed by atoms with Crippen LogP contribution in [0.25, 0.3) is 0 Å². The standard InChI is InChI=1S/C24H34F3N5O3/c1-16(2)23(6-4-17(13-23)30-18-5-11-35-14-19(18)34-3)22(33)32-9-7-31(8-10-32)21-12-20(24(25,26)27)28-15-29-21/h12,14-18,30H,4-11,13H2,1-3H3/t17-,18?,23+/m1/s1. The maximum absolute atomic E-state index is 13.8. The Morgan fingerprint density at radius 2 is 1.97 bits per heavy atom. The third-order valence-electron chi connectivity index (χ3n) is 7.65. The van der Waals surface area contributed by atoms with E-state index >= 15 is 0 Å². The lowest BCUT2D eigenvalue weighted by Gasteiger charge is -2.42. The number of anilines is 1. The first-order chi connectivity index (χ1) is 16.6. The molecule has 1 aliphatic carbocycles. The number of piperazine rings is 1. The molecule has 3 atom stereocenters. The summed E-state index contributed by atoms with van der Waals surface area (Å²) in [5.41, 5.74) is -1.42. The van der Waals surface area contributed by atoms with Gasteiger partial charge in [0.15, 0.2) is 0 Å². The second-order valence-corrected chi connectivity index (χ2v) is 9.89. The third-order valence-corrected chi connectivity index (χ3v) is 7.65. The molecular formula is C24H34F3N5O3. The summed E-state index contributed by atoms with van der Waals surface area (Å²) in [6, 6.07) is 1.25. The first-order valence-corrected chi connectivity index (χ1v) is 12.2. The number of nitrogens with zero attached hydrogens (tertiary/aromatic N) is 4. The van der Waals surface area contributed by atoms with Crippen molar-refractivity contribution < 1.29 is 27.4 Å². The first kappa shape index (κ1) is 25.5. The SMILES string of the molecule is COC1=COCCC1N[C@@H]1CC[C@@](C(=O)N2CCN(c3cc(C(F)(F)F)ncn3)CC2)(C(C)C)C1. The minimum Gasteiger partial charge on any atom is -0.498 e. The molecule has 194 valence electrons. The molecule has 0 bridgehead atoms. The summed E-state index contributed by atoms with van der Waals surface area (Å²) < 4.78 is 49.9. The van der Waals surface area contributed by atoms with Gasteiger partial charge in [0.25, 0.3) is 0 Å². The van der Waals surface area contributed by atoms with Gasteiger partial charge in [-0.2, -0.15) is 13.2 Å². The average molecular weight is 498 g/mol. The molecular weight excluding hydrogens is 463 g/mol. The van der Waals surface area contributed by atoms with Crippen molar-refractivity contribution in [2.45, 2.75) is 57.8 Å². The lowest BCUT2D eigenvalue weighted by atomic mass is 9.74. The van der Waals surface area contributed by atoms with Crippen LogP contribution in [0.15, 0.2) is 24.4 Å². The number of alkyl halides is 3. The van der Waals surface area contributed by atoms with Gasteiger partial charge >= 0.3 is 6.18 Å². The fourth-order valence-electron chi connectivity index (χ4n) is 5.50. The number of hydrogen-bond donors (Lipinski definition) is 1. The second kappa shape index (κ2) is 10.2. The van der Waals surface area contributed by atoms with E-state index in [4.69, 9.17) is 9.47 Å². The van der Waals surface area contributed by atoms with E-state index < -0.39 is 17.3 Å². The summed E-state index contributed by atoms with van der Waals surface area (Å²) in [4.78, 5) is 24.8. The van der Waals surface area contributed by atoms with Gasteiger partial charge in [-0.1, -0.05) is 13.8 Å². The van der Waals surface area contributed by atoms with E-state index in [0.29, 0.717) is 32.8 Å². The number of aromatic nitrogens is 2. The predicted octanol–water partition coefficient (Wildman–Crippen LogP) is 3.21. The molecule has 11 heteroatoms. The molecule has 0 aromatic carbocycles. The molecule has 2 fully saturated rings. The van der Waals surface area contributed by atoms with Gasteiger partial charge in [-0.25, -0.2) is 9.97 Å². The summed E-state index contributed by atoms with van der Waals surface area (Å²) in [6.07, 6.45) is 1.36. The third kappa shape index (κ3) is 5.34. The fourth-order valence-corrected chi connectivity index (χ4v) is 5.50. The van der Waals surface area contributed by atoms with Gasteiger partial charge in [-0.3, -0.25) is 4.79 Å². The van der Waals surface area contributed by atoms with Crippen molar-refractivity contribution in [1.29, 1.82) is 0 Å². The van der Waals surface area contributed by atoms with Gasteiger partial charge < -0.3 is 24.6 Å². The van der Waals surface area contributed by atoms with E-state index in [-0.39, 0.29) is 29.7 Å². The van der Waals surface area contributed by atoms with Crippen molar-refractivity contribution >= 4 is 11.7 Å². The number of hydrogen-bond acceptors (Lipinski definition) is 7. The maximum atomic E-state index is 13.8. The number of carbonyl (C=O) groups is 1. The van der Waals surface area contributed by atoms with Crippen molar-refractivity contribution in [2.24, 2.45) is 11.3 Å². The molecule has 0 spiro atoms. The highest BCUT2D eigenvalue weighted by atomic mass is 19.4. The van der Waals surface area contributed by atoms with Crippen molar-refractivity contribution in [3.05, 3.63) is 30.1 Å². The number of nitrogens with one attached hydrogen (secondary N) is 1. The summed E-state index contributed by atoms with van der Waals surface area (Å²) >= 11 is 0. The van der Waals surface area contributed by atoms with E-state index in [1.165, 1.54) is 0 Å². The van der Waals surface area contributed by atoms with Gasteiger partial charge in [0, 0.05) is 44.7 Å². The Bertz CT molecular complexity index is 933. The van der Waals surface area contributed by atoms with Crippen LogP contribution in [-0.2, 0) is 20.4 Å². The zero-order valence-electron chi connectivity index (χ0n) is 20.5. The number of ether oxygens (including phenoxy) is 2. The van der Waals surface area contributed by atoms with Crippen molar-refractivity contribution in [1.82, 2.24) is 20.2 Å². The van der Waals surface area contributed by atoms with Crippen LogP contribution in [-0.4, -0.2) is 72.8 Å². The van der Waals surface area contributed by atoms with E-state index in [2.05, 4.69) is 29.1 Å². The molecule has 4 rings (SSSR count). The van der Waals surface area contributed by atoms with Crippen LogP contribution in [0.5, 0.6) is 0 Å². The van der Waals surface area contributed by atoms with Gasteiger partial charge in [-0.05, 0) is 25.2 Å². The largest absolute Gasteiger partial charge is 0.498 e. The fraction of sp³-hybridized carbons (Fsp3) is 0.708. The maximum Gasteiger partial charge on any atom is 0.433 e. The Hall–Kier alpha value is -2.56. The quantitative estimate of drug-likeness (QED) is 0.647. The summed E-state index contributed by atoms with van der Waals surface area (Å²) in [6.45, 7) is 6.60. The topological polar surface area (TPSA) is 79.8 Å². The Morgan fingerprint density at radius 3 is 2.63 bits per heavy atom. The highest BCUT2D eigenvalue weighted by Crippen LogP contribution is 2.46. The zero-order valence-corrected chi connectivity index (χ0v) is 20.5. The predicted molar refractivity (Wildman–Crippen MR) is 123 cm³/mol. The molecule has 8 nitrogen and oxygen atoms in total. The second-order valence-electron chi connectivity index (χ2n) is 9.89. The smallest absolute Gasteiger partial charge is 0.433 e. The van der Waals surface area contributed by atoms with E-state index in [1.807, 2.05) is 4.90 Å². The van der Waals surface area contributed by atoms with Crippen LogP contribution in [0.3, 0.4) is 0 Å². The molecule has 35 heavy (non-hydrogen) atoms. The van der Waals surface area contributed by atoms with Crippen LogP contribution in [0.1, 0.15) is 45.2 Å². The number of rotatable bonds is 6. The Labute approximate surface area is 203 Å². The van der Waals surface area contributed by atoms with Crippen LogP contribution in [0, 0.1) is 11.3 Å². The first-order valence-electron chi connectivity index (χ1n) is 12.2. The highest BCUT2D eigenvalue weighted by molar-refractivity contribution is 5.84. The van der Waals surface area contributed by atoms with E-state index in [1.54, 1.807) is 18.3 Å². The minimum atomic E-state index is -4.52. The van der Waals surface area contributed by atoms with E-state index in [0.717, 1.165) is 43.8 Å². The summed E-state index contributed by atoms with van der Waals surface area (Å²) in [5.74, 6) is 1.33. The molecule has 1 unspecified atom stereocenters. The average Bonchev–Trinajstić information content (AvgIpc) is 3.29. The monoisotopic (exact) mass is 497 g/mol. The van der Waals surface area contributed by atoms with Crippen LogP contribution < -0.4 is 10.2 Å². The molecule has 3 heterocycles. The molecule has 1 saturated carbocycles. The van der Waals surface area contributed by atoms with Gasteiger partial charge in [0.05, 0.1) is 25.2 Å². The molecule has 3 aliphatic rings. The molecule has 1 aromatic heterocycles. The Kier molecular flexibility index (Phi) is 7.44. The summed E-state index contributed by atoms with van der Waals surface area (Å²) in [5, 5.41) is 3.67. The Balaban J connectivity index is 1.39. The van der Waals surface area contributed by atoms with Crippen molar-refractivity contribution in [3.8, 4) is 0 Å². The van der Waals surface area contributed by atoms with Gasteiger partial charge in [-0.15, -0.1) is 0 Å². The van der Waals surface area contributed by atoms with Crippen molar-refractivity contribution in [2.75, 3.05) is 44.8 Å². The van der Waals surface area contributed by atoms with Crippen molar-refractivity contribution in [3.63, 3.8) is 0 Å². The van der Waals surface area contributed by atoms with Crippen LogP contribution in [0.4, 0.5) is 19.0 Å². The molecule has 1 aromatic rings. The summed E-state index contributed by atoms with van der Waals surface area (Å²) in [7, 11) is 1.64. The zero-order chi connectivity index (χ0) is 25.2. The van der Waals surface area contributed by atoms with Gasteiger partial charge in [0.1, 0.15) is 29.9 Å². The molecule has 0 radical (unpaired) electrons. The molecule has 2 aliphatic heterocycles. The molecule has 1 N–H and O–H groups in total. The van der Waals surface area contributed by atoms with Gasteiger partial charge in [0.2, 0.25) is 5.91 Å². The van der Waals surface area contributed by atoms with E-state index in [9.17, 15) is 18.0 Å². The van der Waals surface area contributed by atoms with Crippen LogP contribution in [0.2, 0.25) is 0 Å². The minimum absolute atomic E-state index is 0.0785. The van der Waals surface area contributed by atoms with Crippen LogP contribution >= 0.6 is 0 Å². The number of halogens is 3. The molecule has 1 saturated heterocycles. The lowest BCUT2D eigenvalue weighted by Crippen LogP contribution is -2.54. The molecule has 1 amide bonds. The lowest BCUT2D eigenvalue weighted by molar-refractivity contribution is -0.145.